The van der Waals surface area contributed by atoms with Crippen LogP contribution in [0, 0.1) is 13.8 Å². The highest BCUT2D eigenvalue weighted by Gasteiger charge is 2.08. The molecule has 2 nitrogen and oxygen atoms in total. The van der Waals surface area contributed by atoms with E-state index in [1.807, 2.05) is 50.2 Å². The summed E-state index contributed by atoms with van der Waals surface area (Å²) in [5.74, 6) is 1.67. The van der Waals surface area contributed by atoms with E-state index >= 15 is 0 Å². The van der Waals surface area contributed by atoms with Gasteiger partial charge in [0.15, 0.2) is 0 Å². The van der Waals surface area contributed by atoms with Crippen LogP contribution in [0.15, 0.2) is 36.4 Å². The van der Waals surface area contributed by atoms with Gasteiger partial charge in [-0.3, -0.25) is 4.79 Å². The first-order valence-corrected chi connectivity index (χ1v) is 9.25. The van der Waals surface area contributed by atoms with Crippen molar-refractivity contribution in [3.05, 3.63) is 68.7 Å². The molecule has 0 aliphatic rings. The maximum atomic E-state index is 12.2. The zero-order chi connectivity index (χ0) is 16.8. The van der Waals surface area contributed by atoms with Gasteiger partial charge in [-0.15, -0.1) is 0 Å². The Labute approximate surface area is 151 Å². The maximum absolute atomic E-state index is 12.2. The van der Waals surface area contributed by atoms with E-state index in [2.05, 4.69) is 5.32 Å². The molecule has 0 saturated heterocycles. The van der Waals surface area contributed by atoms with E-state index in [0.29, 0.717) is 16.6 Å². The van der Waals surface area contributed by atoms with E-state index in [-0.39, 0.29) is 5.91 Å². The van der Waals surface area contributed by atoms with Crippen molar-refractivity contribution in [1.29, 1.82) is 0 Å². The van der Waals surface area contributed by atoms with Crippen molar-refractivity contribution in [3.8, 4) is 0 Å². The quantitative estimate of drug-likeness (QED) is 0.704. The number of hydrogen-bond donors (Lipinski definition) is 1. The molecule has 0 atom stereocenters. The van der Waals surface area contributed by atoms with Crippen LogP contribution in [-0.2, 0) is 5.75 Å². The molecule has 0 fully saturated rings. The van der Waals surface area contributed by atoms with E-state index in [1.54, 1.807) is 11.8 Å². The van der Waals surface area contributed by atoms with Crippen LogP contribution in [0.4, 0.5) is 0 Å². The van der Waals surface area contributed by atoms with E-state index in [9.17, 15) is 4.79 Å². The topological polar surface area (TPSA) is 29.1 Å². The summed E-state index contributed by atoms with van der Waals surface area (Å²) >= 11 is 13.6. The lowest BCUT2D eigenvalue weighted by atomic mass is 10.1. The molecule has 0 unspecified atom stereocenters. The Morgan fingerprint density at radius 3 is 2.61 bits per heavy atom. The number of hydrogen-bond acceptors (Lipinski definition) is 2. The van der Waals surface area contributed by atoms with Gasteiger partial charge in [-0.25, -0.2) is 0 Å². The van der Waals surface area contributed by atoms with Crippen molar-refractivity contribution in [1.82, 2.24) is 5.32 Å². The van der Waals surface area contributed by atoms with Gasteiger partial charge in [0.1, 0.15) is 0 Å². The van der Waals surface area contributed by atoms with Crippen molar-refractivity contribution in [2.75, 3.05) is 12.3 Å². The van der Waals surface area contributed by atoms with Gasteiger partial charge in [-0.1, -0.05) is 47.0 Å². The Morgan fingerprint density at radius 1 is 1.09 bits per heavy atom. The Bertz CT molecular complexity index is 703. The minimum atomic E-state index is -0.0127. The molecule has 0 saturated carbocycles. The molecule has 5 heteroatoms. The number of amides is 1. The van der Waals surface area contributed by atoms with E-state index in [4.69, 9.17) is 23.2 Å². The fraction of sp³-hybridized carbons (Fsp3) is 0.278. The first-order chi connectivity index (χ1) is 11.0. The molecular formula is C18H19Cl2NOS. The lowest BCUT2D eigenvalue weighted by molar-refractivity contribution is 0.0955. The fourth-order valence-corrected chi connectivity index (χ4v) is 3.26. The number of carbonyl (C=O) groups excluding carboxylic acids is 1. The highest BCUT2D eigenvalue weighted by Crippen LogP contribution is 2.24. The molecule has 0 aliphatic heterocycles. The first-order valence-electron chi connectivity index (χ1n) is 7.34. The standard InChI is InChI=1S/C18H19Cl2NOS/c1-12-3-4-13(2)15(9-12)18(22)21-7-8-23-11-14-5-6-16(19)17(20)10-14/h3-6,9-10H,7-8,11H2,1-2H3,(H,21,22). The third-order valence-corrected chi connectivity index (χ3v) is 5.19. The normalized spacial score (nSPS) is 10.6. The van der Waals surface area contributed by atoms with Gasteiger partial charge >= 0.3 is 0 Å². The number of nitrogens with one attached hydrogen (secondary N) is 1. The van der Waals surface area contributed by atoms with Gasteiger partial charge in [-0.05, 0) is 43.2 Å². The molecule has 0 aliphatic carbocycles. The molecule has 0 spiro atoms. The fourth-order valence-electron chi connectivity index (χ4n) is 2.13. The summed E-state index contributed by atoms with van der Waals surface area (Å²) in [4.78, 5) is 12.2. The lowest BCUT2D eigenvalue weighted by Crippen LogP contribution is -2.26. The molecule has 0 aromatic heterocycles. The number of carbonyl (C=O) groups is 1. The van der Waals surface area contributed by atoms with Crippen molar-refractivity contribution in [3.63, 3.8) is 0 Å². The highest BCUT2D eigenvalue weighted by atomic mass is 35.5. The summed E-state index contributed by atoms with van der Waals surface area (Å²) in [6.07, 6.45) is 0. The number of rotatable bonds is 6. The van der Waals surface area contributed by atoms with Crippen LogP contribution in [0.2, 0.25) is 10.0 Å². The second-order valence-electron chi connectivity index (χ2n) is 5.38. The van der Waals surface area contributed by atoms with Crippen LogP contribution < -0.4 is 5.32 Å². The SMILES string of the molecule is Cc1ccc(C)c(C(=O)NCCSCc2ccc(Cl)c(Cl)c2)c1. The minimum absolute atomic E-state index is 0.0127. The highest BCUT2D eigenvalue weighted by molar-refractivity contribution is 7.98. The Hall–Kier alpha value is -1.16. The summed E-state index contributed by atoms with van der Waals surface area (Å²) in [5.41, 5.74) is 3.97. The Morgan fingerprint density at radius 2 is 1.87 bits per heavy atom. The summed E-state index contributed by atoms with van der Waals surface area (Å²) in [5, 5.41) is 4.11. The molecule has 1 amide bonds. The van der Waals surface area contributed by atoms with Crippen molar-refractivity contribution in [2.45, 2.75) is 19.6 Å². The van der Waals surface area contributed by atoms with E-state index in [0.717, 1.165) is 33.8 Å². The first kappa shape index (κ1) is 18.2. The largest absolute Gasteiger partial charge is 0.351 e. The Kier molecular flexibility index (Phi) is 6.82. The molecule has 2 aromatic rings. The lowest BCUT2D eigenvalue weighted by Gasteiger charge is -2.09. The molecule has 2 rings (SSSR count). The summed E-state index contributed by atoms with van der Waals surface area (Å²) in [6.45, 7) is 4.58. The second kappa shape index (κ2) is 8.62. The van der Waals surface area contributed by atoms with Gasteiger partial charge in [0.2, 0.25) is 0 Å². The summed E-state index contributed by atoms with van der Waals surface area (Å²) in [6, 6.07) is 11.6. The van der Waals surface area contributed by atoms with E-state index < -0.39 is 0 Å². The van der Waals surface area contributed by atoms with Crippen LogP contribution in [0.5, 0.6) is 0 Å². The molecule has 1 N–H and O–H groups in total. The molecule has 0 bridgehead atoms. The average molecular weight is 368 g/mol. The Balaban J connectivity index is 1.75. The van der Waals surface area contributed by atoms with Crippen molar-refractivity contribution < 1.29 is 4.79 Å². The third kappa shape index (κ3) is 5.45. The number of benzene rings is 2. The number of aryl methyl sites for hydroxylation is 2. The second-order valence-corrected chi connectivity index (χ2v) is 7.29. The number of halogens is 2. The monoisotopic (exact) mass is 367 g/mol. The molecule has 0 heterocycles. The van der Waals surface area contributed by atoms with Gasteiger partial charge < -0.3 is 5.32 Å². The van der Waals surface area contributed by atoms with Crippen molar-refractivity contribution in [2.24, 2.45) is 0 Å². The van der Waals surface area contributed by atoms with Gasteiger partial charge in [0, 0.05) is 23.6 Å². The van der Waals surface area contributed by atoms with Crippen LogP contribution in [0.1, 0.15) is 27.0 Å². The summed E-state index contributed by atoms with van der Waals surface area (Å²) in [7, 11) is 0. The van der Waals surface area contributed by atoms with Gasteiger partial charge in [0.25, 0.3) is 5.91 Å². The maximum Gasteiger partial charge on any atom is 0.251 e. The third-order valence-electron chi connectivity index (χ3n) is 3.42. The van der Waals surface area contributed by atoms with Crippen LogP contribution in [-0.4, -0.2) is 18.2 Å². The minimum Gasteiger partial charge on any atom is -0.351 e. The smallest absolute Gasteiger partial charge is 0.251 e. The molecular weight excluding hydrogens is 349 g/mol. The zero-order valence-electron chi connectivity index (χ0n) is 13.2. The van der Waals surface area contributed by atoms with Crippen LogP contribution in [0.3, 0.4) is 0 Å². The molecule has 2 aromatic carbocycles. The van der Waals surface area contributed by atoms with Crippen LogP contribution in [0.25, 0.3) is 0 Å². The molecule has 122 valence electrons. The van der Waals surface area contributed by atoms with Crippen LogP contribution >= 0.6 is 35.0 Å². The van der Waals surface area contributed by atoms with Crippen molar-refractivity contribution >= 4 is 40.9 Å². The zero-order valence-corrected chi connectivity index (χ0v) is 15.5. The number of thioether (sulfide) groups is 1. The van der Waals surface area contributed by atoms with Gasteiger partial charge in [0.05, 0.1) is 10.0 Å². The van der Waals surface area contributed by atoms with Gasteiger partial charge in [-0.2, -0.15) is 11.8 Å². The van der Waals surface area contributed by atoms with E-state index in [1.165, 1.54) is 0 Å². The predicted octanol–water partition coefficient (Wildman–Crippen LogP) is 5.27. The average Bonchev–Trinajstić information content (AvgIpc) is 2.52. The predicted molar refractivity (Wildman–Crippen MR) is 101 cm³/mol. The molecule has 0 radical (unpaired) electrons. The molecule has 23 heavy (non-hydrogen) atoms. The summed E-state index contributed by atoms with van der Waals surface area (Å²) < 4.78 is 0.